The molecule has 0 aromatic heterocycles. The van der Waals surface area contributed by atoms with Crippen LogP contribution in [0.4, 0.5) is 5.69 Å². The number of hydrogen-bond donors (Lipinski definition) is 1. The van der Waals surface area contributed by atoms with E-state index in [4.69, 9.17) is 33.2 Å². The highest BCUT2D eigenvalue weighted by atomic mass is 35.5. The first-order chi connectivity index (χ1) is 10.2. The van der Waals surface area contributed by atoms with Crippen LogP contribution < -0.4 is 10.1 Å². The second-order valence-electron chi connectivity index (χ2n) is 4.81. The molecule has 1 heterocycles. The molecule has 0 amide bonds. The zero-order chi connectivity index (χ0) is 14.8. The Kier molecular flexibility index (Phi) is 3.92. The van der Waals surface area contributed by atoms with Gasteiger partial charge in [0.05, 0.1) is 17.2 Å². The second kappa shape index (κ2) is 5.85. The van der Waals surface area contributed by atoms with Gasteiger partial charge in [-0.2, -0.15) is 5.26 Å². The van der Waals surface area contributed by atoms with Crippen LogP contribution in [0.5, 0.6) is 5.75 Å². The number of anilines is 1. The fraction of sp³-hybridized carbons (Fsp3) is 0.188. The number of nitrogens with zero attached hydrogens (tertiary/aromatic N) is 1. The molecular formula is C16H12Cl2N2O. The normalized spacial score (nSPS) is 12.4. The summed E-state index contributed by atoms with van der Waals surface area (Å²) in [5.74, 6) is 0.923. The third-order valence-corrected chi connectivity index (χ3v) is 3.93. The van der Waals surface area contributed by atoms with Crippen molar-refractivity contribution in [3.05, 3.63) is 57.1 Å². The molecule has 0 fully saturated rings. The van der Waals surface area contributed by atoms with Gasteiger partial charge in [0.15, 0.2) is 0 Å². The predicted molar refractivity (Wildman–Crippen MR) is 84.1 cm³/mol. The maximum absolute atomic E-state index is 8.87. The summed E-state index contributed by atoms with van der Waals surface area (Å²) >= 11 is 12.2. The smallest absolute Gasteiger partial charge is 0.127 e. The van der Waals surface area contributed by atoms with Gasteiger partial charge in [-0.05, 0) is 35.9 Å². The molecule has 0 saturated heterocycles. The van der Waals surface area contributed by atoms with E-state index in [1.165, 1.54) is 0 Å². The minimum atomic E-state index is 0.440. The largest absolute Gasteiger partial charge is 0.493 e. The Morgan fingerprint density at radius 2 is 2.10 bits per heavy atom. The van der Waals surface area contributed by atoms with Crippen LogP contribution in [0.15, 0.2) is 30.3 Å². The molecular weight excluding hydrogens is 307 g/mol. The second-order valence-corrected chi connectivity index (χ2v) is 5.66. The van der Waals surface area contributed by atoms with Gasteiger partial charge < -0.3 is 10.1 Å². The van der Waals surface area contributed by atoms with E-state index < -0.39 is 0 Å². The van der Waals surface area contributed by atoms with Crippen molar-refractivity contribution >= 4 is 28.9 Å². The molecule has 0 unspecified atom stereocenters. The van der Waals surface area contributed by atoms with Gasteiger partial charge in [0, 0.05) is 29.2 Å². The van der Waals surface area contributed by atoms with Gasteiger partial charge in [-0.15, -0.1) is 0 Å². The molecule has 0 radical (unpaired) electrons. The van der Waals surface area contributed by atoms with Gasteiger partial charge >= 0.3 is 0 Å². The summed E-state index contributed by atoms with van der Waals surface area (Å²) in [5, 5.41) is 13.3. The Labute approximate surface area is 133 Å². The highest BCUT2D eigenvalue weighted by molar-refractivity contribution is 6.32. The topological polar surface area (TPSA) is 45.0 Å². The number of halogens is 2. The minimum Gasteiger partial charge on any atom is -0.493 e. The van der Waals surface area contributed by atoms with Crippen LogP contribution >= 0.6 is 23.2 Å². The first-order valence-corrected chi connectivity index (χ1v) is 7.30. The van der Waals surface area contributed by atoms with Gasteiger partial charge in [-0.3, -0.25) is 0 Å². The van der Waals surface area contributed by atoms with E-state index in [0.29, 0.717) is 28.8 Å². The molecule has 21 heavy (non-hydrogen) atoms. The molecule has 0 saturated carbocycles. The number of ether oxygens (including phenoxy) is 1. The minimum absolute atomic E-state index is 0.440. The van der Waals surface area contributed by atoms with Crippen LogP contribution in [0, 0.1) is 11.3 Å². The number of rotatable bonds is 3. The van der Waals surface area contributed by atoms with Crippen molar-refractivity contribution in [2.24, 2.45) is 0 Å². The van der Waals surface area contributed by atoms with Crippen LogP contribution in [0.25, 0.3) is 0 Å². The Bertz CT molecular complexity index is 738. The summed E-state index contributed by atoms with van der Waals surface area (Å²) in [5.41, 5.74) is 3.49. The number of nitriles is 1. The zero-order valence-electron chi connectivity index (χ0n) is 11.1. The quantitative estimate of drug-likeness (QED) is 0.911. The van der Waals surface area contributed by atoms with Crippen molar-refractivity contribution in [1.29, 1.82) is 5.26 Å². The van der Waals surface area contributed by atoms with Gasteiger partial charge in [0.2, 0.25) is 0 Å². The summed E-state index contributed by atoms with van der Waals surface area (Å²) in [6, 6.07) is 11.2. The summed E-state index contributed by atoms with van der Waals surface area (Å²) in [4.78, 5) is 0. The summed E-state index contributed by atoms with van der Waals surface area (Å²) in [7, 11) is 0. The highest BCUT2D eigenvalue weighted by Crippen LogP contribution is 2.33. The lowest BCUT2D eigenvalue weighted by Gasteiger charge is -2.11. The highest BCUT2D eigenvalue weighted by Gasteiger charge is 2.17. The van der Waals surface area contributed by atoms with Crippen molar-refractivity contribution in [1.82, 2.24) is 0 Å². The van der Waals surface area contributed by atoms with Crippen molar-refractivity contribution < 1.29 is 4.74 Å². The lowest BCUT2D eigenvalue weighted by molar-refractivity contribution is 0.354. The van der Waals surface area contributed by atoms with Crippen LogP contribution in [-0.2, 0) is 13.0 Å². The summed E-state index contributed by atoms with van der Waals surface area (Å²) < 4.78 is 5.67. The first-order valence-electron chi connectivity index (χ1n) is 6.55. The molecule has 0 atom stereocenters. The predicted octanol–water partition coefficient (Wildman–Crippen LogP) is 4.41. The zero-order valence-corrected chi connectivity index (χ0v) is 12.6. The number of nitrogens with one attached hydrogen (secondary N) is 1. The van der Waals surface area contributed by atoms with Crippen molar-refractivity contribution in [2.45, 2.75) is 13.0 Å². The lowest BCUT2D eigenvalue weighted by atomic mass is 10.1. The third kappa shape index (κ3) is 2.92. The van der Waals surface area contributed by atoms with Crippen LogP contribution in [0.2, 0.25) is 10.0 Å². The summed E-state index contributed by atoms with van der Waals surface area (Å²) in [6.45, 7) is 1.29. The Balaban J connectivity index is 1.80. The molecule has 0 spiro atoms. The Hall–Kier alpha value is -1.89. The lowest BCUT2D eigenvalue weighted by Crippen LogP contribution is -2.02. The van der Waals surface area contributed by atoms with Crippen LogP contribution in [0.3, 0.4) is 0 Å². The molecule has 1 aliphatic rings. The average Bonchev–Trinajstić information content (AvgIpc) is 2.93. The van der Waals surface area contributed by atoms with Crippen molar-refractivity contribution in [3.8, 4) is 11.8 Å². The molecule has 2 aromatic carbocycles. The van der Waals surface area contributed by atoms with E-state index >= 15 is 0 Å². The standard InChI is InChI=1S/C16H12Cl2N2O/c17-13-5-10-3-4-21-16(10)12(6-13)9-20-14-2-1-11(8-19)15(18)7-14/h1-2,5-7,20H,3-4,9H2. The maximum atomic E-state index is 8.87. The third-order valence-electron chi connectivity index (χ3n) is 3.40. The van der Waals surface area contributed by atoms with Crippen molar-refractivity contribution in [2.75, 3.05) is 11.9 Å². The fourth-order valence-corrected chi connectivity index (χ4v) is 2.88. The number of hydrogen-bond acceptors (Lipinski definition) is 3. The molecule has 1 aliphatic heterocycles. The van der Waals surface area contributed by atoms with Crippen LogP contribution in [-0.4, -0.2) is 6.61 Å². The fourth-order valence-electron chi connectivity index (χ4n) is 2.39. The molecule has 0 bridgehead atoms. The van der Waals surface area contributed by atoms with Gasteiger partial charge in [-0.25, -0.2) is 0 Å². The van der Waals surface area contributed by atoms with E-state index in [1.807, 2.05) is 24.3 Å². The molecule has 0 aliphatic carbocycles. The first kappa shape index (κ1) is 14.1. The van der Waals surface area contributed by atoms with E-state index in [1.54, 1.807) is 12.1 Å². The van der Waals surface area contributed by atoms with E-state index in [0.717, 1.165) is 29.0 Å². The number of benzene rings is 2. The molecule has 106 valence electrons. The SMILES string of the molecule is N#Cc1ccc(NCc2cc(Cl)cc3c2OCC3)cc1Cl. The van der Waals surface area contributed by atoms with E-state index in [9.17, 15) is 0 Å². The van der Waals surface area contributed by atoms with E-state index in [-0.39, 0.29) is 0 Å². The van der Waals surface area contributed by atoms with Gasteiger partial charge in [0.1, 0.15) is 11.8 Å². The van der Waals surface area contributed by atoms with Gasteiger partial charge in [0.25, 0.3) is 0 Å². The van der Waals surface area contributed by atoms with E-state index in [2.05, 4.69) is 5.32 Å². The molecule has 5 heteroatoms. The Morgan fingerprint density at radius 1 is 1.24 bits per heavy atom. The monoisotopic (exact) mass is 318 g/mol. The number of fused-ring (bicyclic) bond motifs is 1. The molecule has 3 rings (SSSR count). The molecule has 1 N–H and O–H groups in total. The van der Waals surface area contributed by atoms with Gasteiger partial charge in [-0.1, -0.05) is 23.2 Å². The maximum Gasteiger partial charge on any atom is 0.127 e. The summed E-state index contributed by atoms with van der Waals surface area (Å²) in [6.07, 6.45) is 0.894. The average molecular weight is 319 g/mol. The Morgan fingerprint density at radius 3 is 2.86 bits per heavy atom. The van der Waals surface area contributed by atoms with Crippen LogP contribution in [0.1, 0.15) is 16.7 Å². The molecule has 2 aromatic rings. The molecule has 3 nitrogen and oxygen atoms in total. The van der Waals surface area contributed by atoms with Crippen molar-refractivity contribution in [3.63, 3.8) is 0 Å².